The van der Waals surface area contributed by atoms with E-state index in [-0.39, 0.29) is 5.66 Å². The summed E-state index contributed by atoms with van der Waals surface area (Å²) in [7, 11) is 0. The van der Waals surface area contributed by atoms with E-state index in [1.807, 2.05) is 0 Å². The first-order valence-electron chi connectivity index (χ1n) is 10.4. The zero-order chi connectivity index (χ0) is 16.1. The van der Waals surface area contributed by atoms with Gasteiger partial charge in [0, 0.05) is 17.2 Å². The number of rotatable bonds is 0. The second-order valence-corrected chi connectivity index (χ2v) is 9.71. The smallest absolute Gasteiger partial charge is 0.111 e. The van der Waals surface area contributed by atoms with E-state index in [1.165, 1.54) is 70.6 Å². The molecule has 3 aliphatic carbocycles. The van der Waals surface area contributed by atoms with Gasteiger partial charge in [-0.05, 0) is 88.4 Å². The zero-order valence-corrected chi connectivity index (χ0v) is 15.5. The van der Waals surface area contributed by atoms with Gasteiger partial charge in [0.15, 0.2) is 0 Å². The Morgan fingerprint density at radius 1 is 0.826 bits per heavy atom. The number of aliphatic imine (C=N–C) groups is 1. The fraction of sp³-hybridized carbons (Fsp3) is 0.952. The monoisotopic (exact) mass is 316 g/mol. The van der Waals surface area contributed by atoms with Gasteiger partial charge in [0.05, 0.1) is 0 Å². The van der Waals surface area contributed by atoms with E-state index in [0.717, 1.165) is 23.7 Å². The normalized spacial score (nSPS) is 50.7. The van der Waals surface area contributed by atoms with Gasteiger partial charge in [0.2, 0.25) is 0 Å². The summed E-state index contributed by atoms with van der Waals surface area (Å²) in [5.74, 6) is 3.45. The highest BCUT2D eigenvalue weighted by molar-refractivity contribution is 5.90. The van der Waals surface area contributed by atoms with Crippen LogP contribution in [0.15, 0.2) is 4.99 Å². The molecule has 1 heterocycles. The number of hydrogen-bond donors (Lipinski definition) is 1. The maximum atomic E-state index is 5.44. The molecule has 0 aromatic rings. The summed E-state index contributed by atoms with van der Waals surface area (Å²) in [6, 6.07) is 0. The number of hydrogen-bond acceptors (Lipinski definition) is 2. The van der Waals surface area contributed by atoms with Crippen LogP contribution in [0.4, 0.5) is 0 Å². The predicted octanol–water partition coefficient (Wildman–Crippen LogP) is 5.32. The SMILES string of the molecule is CC1CCC2(CC1)N=C1CC[C@@H](C)C[C@@H]1C1(CCC(C)CC1)N2. The molecule has 0 radical (unpaired) electrons. The summed E-state index contributed by atoms with van der Waals surface area (Å²) in [6.45, 7) is 7.33. The highest BCUT2D eigenvalue weighted by Gasteiger charge is 2.53. The standard InChI is InChI=1S/C21H36N2/c1-15-6-10-20(11-7-15)18-14-17(3)4-5-19(18)22-21(23-20)12-8-16(2)9-13-21/h15-18,23H,4-14H2,1-3H3/t15?,16?,17-,18+,20?,21?/m1/s1. The van der Waals surface area contributed by atoms with E-state index in [2.05, 4.69) is 26.1 Å². The lowest BCUT2D eigenvalue weighted by atomic mass is 9.61. The summed E-state index contributed by atoms with van der Waals surface area (Å²) in [6.07, 6.45) is 14.9. The van der Waals surface area contributed by atoms with E-state index in [1.54, 1.807) is 5.71 Å². The maximum Gasteiger partial charge on any atom is 0.111 e. The van der Waals surface area contributed by atoms with Crippen LogP contribution in [0, 0.1) is 23.7 Å². The first-order valence-corrected chi connectivity index (χ1v) is 10.4. The molecule has 1 aliphatic heterocycles. The van der Waals surface area contributed by atoms with Gasteiger partial charge in [-0.25, -0.2) is 0 Å². The van der Waals surface area contributed by atoms with Crippen LogP contribution in [0.5, 0.6) is 0 Å². The van der Waals surface area contributed by atoms with Crippen LogP contribution in [-0.4, -0.2) is 16.9 Å². The highest BCUT2D eigenvalue weighted by atomic mass is 15.2. The molecule has 4 rings (SSSR count). The Balaban J connectivity index is 1.66. The van der Waals surface area contributed by atoms with Gasteiger partial charge in [-0.15, -0.1) is 0 Å². The van der Waals surface area contributed by atoms with Gasteiger partial charge in [0.1, 0.15) is 5.66 Å². The van der Waals surface area contributed by atoms with Crippen molar-refractivity contribution in [3.8, 4) is 0 Å². The Morgan fingerprint density at radius 2 is 1.43 bits per heavy atom. The minimum absolute atomic E-state index is 0.111. The molecule has 2 heteroatoms. The van der Waals surface area contributed by atoms with Crippen LogP contribution in [0.25, 0.3) is 0 Å². The minimum atomic E-state index is 0.111. The maximum absolute atomic E-state index is 5.44. The van der Waals surface area contributed by atoms with Crippen LogP contribution < -0.4 is 5.32 Å². The fourth-order valence-electron chi connectivity index (χ4n) is 5.98. The Bertz CT molecular complexity index is 464. The average molecular weight is 317 g/mol. The highest BCUT2D eigenvalue weighted by Crippen LogP contribution is 2.49. The summed E-state index contributed by atoms with van der Waals surface area (Å²) >= 11 is 0. The lowest BCUT2D eigenvalue weighted by Gasteiger charge is -2.57. The number of nitrogens with zero attached hydrogens (tertiary/aromatic N) is 1. The molecule has 2 atom stereocenters. The Labute approximate surface area is 142 Å². The van der Waals surface area contributed by atoms with Crippen molar-refractivity contribution in [3.63, 3.8) is 0 Å². The summed E-state index contributed by atoms with van der Waals surface area (Å²) in [5.41, 5.74) is 2.11. The molecule has 0 bridgehead atoms. The van der Waals surface area contributed by atoms with E-state index in [9.17, 15) is 0 Å². The van der Waals surface area contributed by atoms with Gasteiger partial charge >= 0.3 is 0 Å². The van der Waals surface area contributed by atoms with Crippen LogP contribution >= 0.6 is 0 Å². The summed E-state index contributed by atoms with van der Waals surface area (Å²) in [4.78, 5) is 5.44. The number of fused-ring (bicyclic) bond motifs is 2. The third-order valence-electron chi connectivity index (χ3n) is 7.71. The molecule has 4 aliphatic rings. The molecule has 2 nitrogen and oxygen atoms in total. The van der Waals surface area contributed by atoms with Gasteiger partial charge in [-0.3, -0.25) is 10.3 Å². The Hall–Kier alpha value is -0.370. The lowest BCUT2D eigenvalue weighted by molar-refractivity contribution is 0.0508. The first-order chi connectivity index (χ1) is 11.0. The molecular formula is C21H36N2. The van der Waals surface area contributed by atoms with Gasteiger partial charge in [-0.2, -0.15) is 0 Å². The number of nitrogens with one attached hydrogen (secondary N) is 1. The zero-order valence-electron chi connectivity index (χ0n) is 15.5. The second-order valence-electron chi connectivity index (χ2n) is 9.71. The molecule has 0 aromatic carbocycles. The molecule has 0 unspecified atom stereocenters. The van der Waals surface area contributed by atoms with Gasteiger partial charge in [0.25, 0.3) is 0 Å². The van der Waals surface area contributed by atoms with Crippen LogP contribution in [0.2, 0.25) is 0 Å². The quantitative estimate of drug-likeness (QED) is 0.642. The average Bonchev–Trinajstić information content (AvgIpc) is 2.55. The van der Waals surface area contributed by atoms with Crippen molar-refractivity contribution < 1.29 is 0 Å². The molecule has 3 fully saturated rings. The van der Waals surface area contributed by atoms with E-state index < -0.39 is 0 Å². The van der Waals surface area contributed by atoms with E-state index >= 15 is 0 Å². The van der Waals surface area contributed by atoms with Crippen LogP contribution in [0.3, 0.4) is 0 Å². The third-order valence-corrected chi connectivity index (χ3v) is 7.71. The van der Waals surface area contributed by atoms with Crippen molar-refractivity contribution in [1.29, 1.82) is 0 Å². The fourth-order valence-corrected chi connectivity index (χ4v) is 5.98. The minimum Gasteiger partial charge on any atom is -0.287 e. The molecule has 3 saturated carbocycles. The van der Waals surface area contributed by atoms with Crippen molar-refractivity contribution in [2.45, 2.75) is 103 Å². The lowest BCUT2D eigenvalue weighted by Crippen LogP contribution is -2.68. The molecule has 0 amide bonds. The third kappa shape index (κ3) is 2.90. The second kappa shape index (κ2) is 5.86. The van der Waals surface area contributed by atoms with Crippen LogP contribution in [0.1, 0.15) is 91.4 Å². The summed E-state index contributed by atoms with van der Waals surface area (Å²) < 4.78 is 0. The molecule has 0 saturated heterocycles. The van der Waals surface area contributed by atoms with Crippen molar-refractivity contribution >= 4 is 5.71 Å². The van der Waals surface area contributed by atoms with E-state index in [0.29, 0.717) is 5.54 Å². The van der Waals surface area contributed by atoms with Crippen molar-refractivity contribution in [1.82, 2.24) is 5.32 Å². The van der Waals surface area contributed by atoms with Crippen LogP contribution in [-0.2, 0) is 0 Å². The van der Waals surface area contributed by atoms with Gasteiger partial charge < -0.3 is 0 Å². The predicted molar refractivity (Wildman–Crippen MR) is 97.8 cm³/mol. The van der Waals surface area contributed by atoms with Gasteiger partial charge in [-0.1, -0.05) is 20.8 Å². The summed E-state index contributed by atoms with van der Waals surface area (Å²) in [5, 5.41) is 4.26. The van der Waals surface area contributed by atoms with Crippen molar-refractivity contribution in [2.75, 3.05) is 0 Å². The van der Waals surface area contributed by atoms with Crippen molar-refractivity contribution in [3.05, 3.63) is 0 Å². The Kier molecular flexibility index (Phi) is 4.11. The molecule has 2 spiro atoms. The first kappa shape index (κ1) is 16.1. The van der Waals surface area contributed by atoms with Crippen molar-refractivity contribution in [2.24, 2.45) is 28.7 Å². The Morgan fingerprint density at radius 3 is 2.09 bits per heavy atom. The molecule has 0 aromatic heterocycles. The molecule has 23 heavy (non-hydrogen) atoms. The molecule has 1 N–H and O–H groups in total. The largest absolute Gasteiger partial charge is 0.287 e. The molecule has 130 valence electrons. The topological polar surface area (TPSA) is 24.4 Å². The van der Waals surface area contributed by atoms with E-state index in [4.69, 9.17) is 4.99 Å². The molecular weight excluding hydrogens is 280 g/mol.